The summed E-state index contributed by atoms with van der Waals surface area (Å²) < 4.78 is 52.5. The van der Waals surface area contributed by atoms with Crippen LogP contribution in [0.25, 0.3) is 0 Å². The summed E-state index contributed by atoms with van der Waals surface area (Å²) in [7, 11) is -0.953. The molecule has 5 nitrogen and oxygen atoms in total. The van der Waals surface area contributed by atoms with Gasteiger partial charge in [-0.3, -0.25) is 4.31 Å². The van der Waals surface area contributed by atoms with Gasteiger partial charge in [0.15, 0.2) is 11.5 Å². The quantitative estimate of drug-likeness (QED) is 0.481. The van der Waals surface area contributed by atoms with E-state index in [2.05, 4.69) is 0 Å². The molecule has 0 bridgehead atoms. The lowest BCUT2D eigenvalue weighted by atomic mass is 10.1. The van der Waals surface area contributed by atoms with Crippen molar-refractivity contribution in [1.82, 2.24) is 0 Å². The molecule has 8 heteroatoms. The van der Waals surface area contributed by atoms with E-state index in [1.54, 1.807) is 25.1 Å². The summed E-state index contributed by atoms with van der Waals surface area (Å²) in [5.74, 6) is 0.550. The summed E-state index contributed by atoms with van der Waals surface area (Å²) in [6.45, 7) is 1.75. The van der Waals surface area contributed by atoms with Gasteiger partial charge in [-0.25, -0.2) is 12.8 Å². The van der Waals surface area contributed by atoms with Gasteiger partial charge in [-0.05, 0) is 73.2 Å². The number of sulfonamides is 1. The molecule has 1 atom stereocenters. The van der Waals surface area contributed by atoms with Crippen LogP contribution in [-0.4, -0.2) is 22.6 Å². The second-order valence-corrected chi connectivity index (χ2v) is 8.77. The van der Waals surface area contributed by atoms with Gasteiger partial charge in [0.2, 0.25) is 0 Å². The molecule has 3 rings (SSSR count). The van der Waals surface area contributed by atoms with E-state index in [0.29, 0.717) is 27.8 Å². The molecule has 0 saturated heterocycles. The van der Waals surface area contributed by atoms with Gasteiger partial charge in [0.25, 0.3) is 10.0 Å². The van der Waals surface area contributed by atoms with Gasteiger partial charge in [0.1, 0.15) is 5.82 Å². The SMILES string of the molecule is COc1ccc([C@H](C)N(c2ccc(F)cc2)S(=O)(=O)c2ccc(Cl)cc2)cc1OC. The number of halogens is 2. The van der Waals surface area contributed by atoms with E-state index in [4.69, 9.17) is 21.1 Å². The highest BCUT2D eigenvalue weighted by Crippen LogP contribution is 2.37. The Morgan fingerprint density at radius 2 is 1.50 bits per heavy atom. The van der Waals surface area contributed by atoms with Crippen LogP contribution in [0.2, 0.25) is 5.02 Å². The minimum atomic E-state index is -3.99. The maximum Gasteiger partial charge on any atom is 0.264 e. The Hall–Kier alpha value is -2.77. The Labute approximate surface area is 180 Å². The van der Waals surface area contributed by atoms with Crippen LogP contribution in [-0.2, 0) is 10.0 Å². The molecule has 0 aliphatic carbocycles. The molecule has 0 spiro atoms. The van der Waals surface area contributed by atoms with Crippen LogP contribution in [0.3, 0.4) is 0 Å². The van der Waals surface area contributed by atoms with Gasteiger partial charge in [0, 0.05) is 5.02 Å². The van der Waals surface area contributed by atoms with Crippen molar-refractivity contribution >= 4 is 27.3 Å². The van der Waals surface area contributed by atoms with Crippen molar-refractivity contribution in [3.63, 3.8) is 0 Å². The molecule has 3 aromatic rings. The molecule has 0 radical (unpaired) electrons. The largest absolute Gasteiger partial charge is 0.493 e. The van der Waals surface area contributed by atoms with Crippen molar-refractivity contribution in [2.45, 2.75) is 17.9 Å². The van der Waals surface area contributed by atoms with E-state index in [1.807, 2.05) is 0 Å². The lowest BCUT2D eigenvalue weighted by Crippen LogP contribution is -2.33. The van der Waals surface area contributed by atoms with Crippen LogP contribution in [0.1, 0.15) is 18.5 Å². The minimum Gasteiger partial charge on any atom is -0.493 e. The lowest BCUT2D eigenvalue weighted by molar-refractivity contribution is 0.354. The van der Waals surface area contributed by atoms with Crippen LogP contribution in [0.15, 0.2) is 71.6 Å². The summed E-state index contributed by atoms with van der Waals surface area (Å²) in [4.78, 5) is 0.0727. The fraction of sp³-hybridized carbons (Fsp3) is 0.182. The Balaban J connectivity index is 2.14. The lowest BCUT2D eigenvalue weighted by Gasteiger charge is -2.31. The third kappa shape index (κ3) is 4.37. The van der Waals surface area contributed by atoms with Crippen LogP contribution in [0, 0.1) is 5.82 Å². The maximum absolute atomic E-state index is 13.6. The molecule has 0 fully saturated rings. The average molecular weight is 450 g/mol. The molecule has 0 amide bonds. The first-order valence-corrected chi connectivity index (χ1v) is 10.9. The van der Waals surface area contributed by atoms with Crippen LogP contribution in [0.4, 0.5) is 10.1 Å². The van der Waals surface area contributed by atoms with Crippen molar-refractivity contribution in [3.8, 4) is 11.5 Å². The van der Waals surface area contributed by atoms with E-state index in [-0.39, 0.29) is 4.90 Å². The number of hydrogen-bond acceptors (Lipinski definition) is 4. The second-order valence-electron chi connectivity index (χ2n) is 6.52. The zero-order valence-electron chi connectivity index (χ0n) is 16.7. The first-order chi connectivity index (χ1) is 14.3. The monoisotopic (exact) mass is 449 g/mol. The number of ether oxygens (including phenoxy) is 2. The fourth-order valence-corrected chi connectivity index (χ4v) is 4.90. The summed E-state index contributed by atoms with van der Waals surface area (Å²) in [6, 6.07) is 15.8. The molecule has 0 aliphatic rings. The van der Waals surface area contributed by atoms with Gasteiger partial charge in [-0.2, -0.15) is 0 Å². The maximum atomic E-state index is 13.6. The highest BCUT2D eigenvalue weighted by atomic mass is 35.5. The van der Waals surface area contributed by atoms with Crippen molar-refractivity contribution < 1.29 is 22.3 Å². The topological polar surface area (TPSA) is 55.8 Å². The predicted octanol–water partition coefficient (Wildman–Crippen LogP) is 5.45. The highest BCUT2D eigenvalue weighted by molar-refractivity contribution is 7.92. The van der Waals surface area contributed by atoms with E-state index in [1.165, 1.54) is 67.1 Å². The number of anilines is 1. The standard InChI is InChI=1S/C22H21ClFNO4S/c1-15(16-4-13-21(28-2)22(14-16)29-3)25(19-9-7-18(24)8-10-19)30(26,27)20-11-5-17(23)6-12-20/h4-15H,1-3H3/t15-/m0/s1. The number of rotatable bonds is 7. The van der Waals surface area contributed by atoms with Gasteiger partial charge < -0.3 is 9.47 Å². The molecule has 3 aromatic carbocycles. The van der Waals surface area contributed by atoms with Crippen molar-refractivity contribution in [1.29, 1.82) is 0 Å². The minimum absolute atomic E-state index is 0.0727. The molecule has 0 saturated carbocycles. The summed E-state index contributed by atoms with van der Waals surface area (Å²) >= 11 is 5.92. The van der Waals surface area contributed by atoms with E-state index in [0.717, 1.165) is 0 Å². The van der Waals surface area contributed by atoms with Crippen molar-refractivity contribution in [3.05, 3.63) is 83.1 Å². The smallest absolute Gasteiger partial charge is 0.264 e. The van der Waals surface area contributed by atoms with Crippen LogP contribution in [0.5, 0.6) is 11.5 Å². The molecule has 0 N–H and O–H groups in total. The van der Waals surface area contributed by atoms with Crippen LogP contribution < -0.4 is 13.8 Å². The number of nitrogens with zero attached hydrogens (tertiary/aromatic N) is 1. The summed E-state index contributed by atoms with van der Waals surface area (Å²) in [5, 5.41) is 0.426. The molecule has 0 unspecified atom stereocenters. The molecule has 158 valence electrons. The number of hydrogen-bond donors (Lipinski definition) is 0. The fourth-order valence-electron chi connectivity index (χ4n) is 3.13. The Morgan fingerprint density at radius 1 is 0.900 bits per heavy atom. The van der Waals surface area contributed by atoms with Gasteiger partial charge in [-0.1, -0.05) is 17.7 Å². The first kappa shape index (κ1) is 21.9. The predicted molar refractivity (Wildman–Crippen MR) is 115 cm³/mol. The van der Waals surface area contributed by atoms with E-state index < -0.39 is 21.9 Å². The third-order valence-electron chi connectivity index (χ3n) is 4.69. The summed E-state index contributed by atoms with van der Waals surface area (Å²) in [5.41, 5.74) is 1.00. The van der Waals surface area contributed by atoms with E-state index >= 15 is 0 Å². The van der Waals surface area contributed by atoms with E-state index in [9.17, 15) is 12.8 Å². The number of benzene rings is 3. The molecular formula is C22H21ClFNO4S. The zero-order chi connectivity index (χ0) is 21.9. The molecule has 30 heavy (non-hydrogen) atoms. The van der Waals surface area contributed by atoms with Crippen molar-refractivity contribution in [2.24, 2.45) is 0 Å². The molecule has 0 aromatic heterocycles. The molecular weight excluding hydrogens is 429 g/mol. The third-order valence-corrected chi connectivity index (χ3v) is 6.86. The Kier molecular flexibility index (Phi) is 6.53. The van der Waals surface area contributed by atoms with Gasteiger partial charge in [-0.15, -0.1) is 0 Å². The number of methoxy groups -OCH3 is 2. The second kappa shape index (κ2) is 8.93. The van der Waals surface area contributed by atoms with Crippen molar-refractivity contribution in [2.75, 3.05) is 18.5 Å². The normalized spacial score (nSPS) is 12.3. The molecule has 0 heterocycles. The first-order valence-electron chi connectivity index (χ1n) is 9.05. The molecule has 0 aliphatic heterocycles. The zero-order valence-corrected chi connectivity index (χ0v) is 18.2. The van der Waals surface area contributed by atoms with Gasteiger partial charge >= 0.3 is 0 Å². The highest BCUT2D eigenvalue weighted by Gasteiger charge is 2.31. The summed E-state index contributed by atoms with van der Waals surface area (Å²) in [6.07, 6.45) is 0. The van der Waals surface area contributed by atoms with Crippen LogP contribution >= 0.6 is 11.6 Å². The Bertz CT molecular complexity index is 1120. The average Bonchev–Trinajstić information content (AvgIpc) is 2.74. The van der Waals surface area contributed by atoms with Gasteiger partial charge in [0.05, 0.1) is 30.8 Å². The Morgan fingerprint density at radius 3 is 2.07 bits per heavy atom.